The van der Waals surface area contributed by atoms with Crippen LogP contribution >= 0.6 is 22.6 Å². The van der Waals surface area contributed by atoms with Gasteiger partial charge < -0.3 is 13.9 Å². The number of hydrogen-bond donors (Lipinski definition) is 1. The second-order valence-electron chi connectivity index (χ2n) is 3.94. The summed E-state index contributed by atoms with van der Waals surface area (Å²) in [5.74, 6) is 1.25. The first-order valence-electron chi connectivity index (χ1n) is 5.94. The molecule has 0 radical (unpaired) electrons. The molecule has 0 spiro atoms. The summed E-state index contributed by atoms with van der Waals surface area (Å²) in [7, 11) is 3.04. The Morgan fingerprint density at radius 1 is 1.24 bits per heavy atom. The van der Waals surface area contributed by atoms with Gasteiger partial charge in [-0.25, -0.2) is 5.43 Å². The van der Waals surface area contributed by atoms with Crippen LogP contribution < -0.4 is 14.9 Å². The van der Waals surface area contributed by atoms with Crippen LogP contribution in [0.3, 0.4) is 0 Å². The number of hydrazone groups is 1. The lowest BCUT2D eigenvalue weighted by Gasteiger charge is -2.07. The maximum atomic E-state index is 12.0. The van der Waals surface area contributed by atoms with Crippen molar-refractivity contribution in [3.63, 3.8) is 0 Å². The number of furan rings is 1. The highest BCUT2D eigenvalue weighted by Crippen LogP contribution is 2.22. The minimum Gasteiger partial charge on any atom is -0.497 e. The molecule has 0 saturated carbocycles. The Labute approximate surface area is 135 Å². The SMILES string of the molecule is COc1cc(OC)cc(C(=O)N/N=C\c2ccc(I)o2)c1. The molecule has 0 atom stereocenters. The molecule has 1 aromatic carbocycles. The van der Waals surface area contributed by atoms with E-state index in [-0.39, 0.29) is 5.91 Å². The summed E-state index contributed by atoms with van der Waals surface area (Å²) in [5.41, 5.74) is 2.80. The molecule has 1 amide bonds. The molecule has 1 aromatic heterocycles. The van der Waals surface area contributed by atoms with Gasteiger partial charge in [0.05, 0.1) is 20.4 Å². The van der Waals surface area contributed by atoms with E-state index in [1.54, 1.807) is 30.3 Å². The van der Waals surface area contributed by atoms with Gasteiger partial charge in [0.25, 0.3) is 5.91 Å². The lowest BCUT2D eigenvalue weighted by atomic mass is 10.2. The topological polar surface area (TPSA) is 73.1 Å². The highest BCUT2D eigenvalue weighted by molar-refractivity contribution is 14.1. The van der Waals surface area contributed by atoms with Crippen LogP contribution in [0.25, 0.3) is 0 Å². The zero-order valence-electron chi connectivity index (χ0n) is 11.4. The molecule has 7 heteroatoms. The first-order valence-corrected chi connectivity index (χ1v) is 7.02. The lowest BCUT2D eigenvalue weighted by molar-refractivity contribution is 0.0954. The molecule has 0 aliphatic heterocycles. The smallest absolute Gasteiger partial charge is 0.271 e. The van der Waals surface area contributed by atoms with Crippen molar-refractivity contribution in [2.45, 2.75) is 0 Å². The number of rotatable bonds is 5. The largest absolute Gasteiger partial charge is 0.497 e. The Bertz CT molecular complexity index is 644. The number of methoxy groups -OCH3 is 2. The van der Waals surface area contributed by atoms with E-state index in [0.29, 0.717) is 22.8 Å². The molecule has 6 nitrogen and oxygen atoms in total. The van der Waals surface area contributed by atoms with Crippen LogP contribution in [0.15, 0.2) is 39.9 Å². The quantitative estimate of drug-likeness (QED) is 0.476. The van der Waals surface area contributed by atoms with E-state index in [1.807, 2.05) is 22.6 Å². The van der Waals surface area contributed by atoms with Crippen molar-refractivity contribution in [2.75, 3.05) is 14.2 Å². The fourth-order valence-corrected chi connectivity index (χ4v) is 1.99. The monoisotopic (exact) mass is 400 g/mol. The third kappa shape index (κ3) is 4.22. The fourth-order valence-electron chi connectivity index (χ4n) is 1.56. The average Bonchev–Trinajstić information content (AvgIpc) is 2.92. The molecule has 0 fully saturated rings. The molecule has 1 heterocycles. The van der Waals surface area contributed by atoms with Gasteiger partial charge >= 0.3 is 0 Å². The Hall–Kier alpha value is -2.03. The van der Waals surface area contributed by atoms with E-state index in [2.05, 4.69) is 10.5 Å². The van der Waals surface area contributed by atoms with Crippen molar-refractivity contribution in [1.29, 1.82) is 0 Å². The maximum Gasteiger partial charge on any atom is 0.271 e. The van der Waals surface area contributed by atoms with Crippen molar-refractivity contribution in [1.82, 2.24) is 5.43 Å². The second-order valence-corrected chi connectivity index (χ2v) is 5.01. The van der Waals surface area contributed by atoms with E-state index >= 15 is 0 Å². The molecule has 21 heavy (non-hydrogen) atoms. The maximum absolute atomic E-state index is 12.0. The number of hydrogen-bond acceptors (Lipinski definition) is 5. The highest BCUT2D eigenvalue weighted by Gasteiger charge is 2.09. The lowest BCUT2D eigenvalue weighted by Crippen LogP contribution is -2.17. The third-order valence-electron chi connectivity index (χ3n) is 2.57. The summed E-state index contributed by atoms with van der Waals surface area (Å²) in [6.07, 6.45) is 1.43. The zero-order chi connectivity index (χ0) is 15.2. The predicted molar refractivity (Wildman–Crippen MR) is 86.0 cm³/mol. The molecule has 2 aromatic rings. The van der Waals surface area contributed by atoms with E-state index < -0.39 is 0 Å². The molecule has 110 valence electrons. The van der Waals surface area contributed by atoms with E-state index in [1.165, 1.54) is 20.4 Å². The van der Waals surface area contributed by atoms with Gasteiger partial charge in [-0.05, 0) is 46.9 Å². The number of benzene rings is 1. The van der Waals surface area contributed by atoms with Gasteiger partial charge in [-0.3, -0.25) is 4.79 Å². The highest BCUT2D eigenvalue weighted by atomic mass is 127. The van der Waals surface area contributed by atoms with Crippen LogP contribution in [-0.2, 0) is 0 Å². The van der Waals surface area contributed by atoms with Gasteiger partial charge in [-0.1, -0.05) is 0 Å². The molecule has 0 aliphatic rings. The molecule has 0 aliphatic carbocycles. The van der Waals surface area contributed by atoms with Gasteiger partial charge in [-0.15, -0.1) is 0 Å². The summed E-state index contributed by atoms with van der Waals surface area (Å²) < 4.78 is 16.3. The molecule has 0 saturated heterocycles. The minimum absolute atomic E-state index is 0.371. The van der Waals surface area contributed by atoms with Crippen LogP contribution in [0, 0.1) is 3.77 Å². The number of carbonyl (C=O) groups excluding carboxylic acids is 1. The molecule has 2 rings (SSSR count). The molecule has 1 N–H and O–H groups in total. The van der Waals surface area contributed by atoms with E-state index in [4.69, 9.17) is 13.9 Å². The summed E-state index contributed by atoms with van der Waals surface area (Å²) in [6.45, 7) is 0. The Morgan fingerprint density at radius 2 is 1.90 bits per heavy atom. The Kier molecular flexibility index (Phi) is 5.20. The minimum atomic E-state index is -0.371. The Morgan fingerprint density at radius 3 is 2.43 bits per heavy atom. The second kappa shape index (κ2) is 7.11. The number of halogens is 1. The van der Waals surface area contributed by atoms with E-state index in [0.717, 1.165) is 3.77 Å². The van der Waals surface area contributed by atoms with Crippen molar-refractivity contribution < 1.29 is 18.7 Å². The van der Waals surface area contributed by atoms with Gasteiger partial charge in [0.15, 0.2) is 3.77 Å². The van der Waals surface area contributed by atoms with E-state index in [9.17, 15) is 4.79 Å². The van der Waals surface area contributed by atoms with Gasteiger partial charge in [-0.2, -0.15) is 5.10 Å². The number of nitrogens with one attached hydrogen (secondary N) is 1. The number of nitrogens with zero attached hydrogens (tertiary/aromatic N) is 1. The molecular formula is C14H13IN2O4. The number of carbonyl (C=O) groups is 1. The normalized spacial score (nSPS) is 10.6. The van der Waals surface area contributed by atoms with Gasteiger partial charge in [0.2, 0.25) is 0 Å². The predicted octanol–water partition coefficient (Wildman–Crippen LogP) is 2.67. The van der Waals surface area contributed by atoms with Crippen molar-refractivity contribution in [2.24, 2.45) is 5.10 Å². The summed E-state index contributed by atoms with van der Waals surface area (Å²) >= 11 is 2.05. The van der Waals surface area contributed by atoms with Gasteiger partial charge in [0, 0.05) is 11.6 Å². The van der Waals surface area contributed by atoms with Crippen molar-refractivity contribution in [3.8, 4) is 11.5 Å². The van der Waals surface area contributed by atoms with Crippen LogP contribution in [-0.4, -0.2) is 26.3 Å². The summed E-state index contributed by atoms with van der Waals surface area (Å²) in [6, 6.07) is 8.44. The van der Waals surface area contributed by atoms with Crippen LogP contribution in [0.5, 0.6) is 11.5 Å². The number of amides is 1. The molecular weight excluding hydrogens is 387 g/mol. The summed E-state index contributed by atoms with van der Waals surface area (Å²) in [5, 5.41) is 3.84. The number of ether oxygens (including phenoxy) is 2. The van der Waals surface area contributed by atoms with Crippen molar-refractivity contribution in [3.05, 3.63) is 45.4 Å². The van der Waals surface area contributed by atoms with Crippen LogP contribution in [0.2, 0.25) is 0 Å². The summed E-state index contributed by atoms with van der Waals surface area (Å²) in [4.78, 5) is 12.0. The first-order chi connectivity index (χ1) is 10.1. The third-order valence-corrected chi connectivity index (χ3v) is 3.15. The first kappa shape index (κ1) is 15.4. The van der Waals surface area contributed by atoms with Crippen LogP contribution in [0.4, 0.5) is 0 Å². The molecule has 0 unspecified atom stereocenters. The average molecular weight is 400 g/mol. The van der Waals surface area contributed by atoms with Gasteiger partial charge in [0.1, 0.15) is 17.3 Å². The fraction of sp³-hybridized carbons (Fsp3) is 0.143. The molecule has 0 bridgehead atoms. The Balaban J connectivity index is 2.07. The zero-order valence-corrected chi connectivity index (χ0v) is 13.6. The van der Waals surface area contributed by atoms with Crippen molar-refractivity contribution >= 4 is 34.7 Å². The van der Waals surface area contributed by atoms with Crippen LogP contribution in [0.1, 0.15) is 16.1 Å². The standard InChI is InChI=1S/C14H13IN2O4/c1-19-11-5-9(6-12(7-11)20-2)14(18)17-16-8-10-3-4-13(15)21-10/h3-8H,1-2H3,(H,17,18)/b16-8-.